The quantitative estimate of drug-likeness (QED) is 0.667. The van der Waals surface area contributed by atoms with E-state index in [-0.39, 0.29) is 0 Å². The molecule has 5 nitrogen and oxygen atoms in total. The van der Waals surface area contributed by atoms with E-state index in [4.69, 9.17) is 0 Å². The number of aromatic nitrogens is 1. The van der Waals surface area contributed by atoms with Crippen molar-refractivity contribution in [2.75, 3.05) is 0 Å². The average molecular weight is 259 g/mol. The van der Waals surface area contributed by atoms with E-state index < -0.39 is 0 Å². The molecule has 2 aromatic rings. The molecule has 1 aliphatic heterocycles. The molecule has 19 heavy (non-hydrogen) atoms. The summed E-state index contributed by atoms with van der Waals surface area (Å²) in [6.07, 6.45) is 3.66. The zero-order chi connectivity index (χ0) is 13.2. The van der Waals surface area contributed by atoms with E-state index in [9.17, 15) is 0 Å². The third-order valence-corrected chi connectivity index (χ3v) is 4.01. The molecule has 0 aliphatic carbocycles. The number of nitrogens with one attached hydrogen (secondary N) is 4. The van der Waals surface area contributed by atoms with Crippen LogP contribution in [0.5, 0.6) is 0 Å². The first-order valence-electron chi connectivity index (χ1n) is 6.81. The van der Waals surface area contributed by atoms with Gasteiger partial charge in [-0.25, -0.2) is 10.9 Å². The van der Waals surface area contributed by atoms with Crippen molar-refractivity contribution in [2.45, 2.75) is 32.4 Å². The molecule has 0 saturated carbocycles. The lowest BCUT2D eigenvalue weighted by molar-refractivity contribution is 0.473. The van der Waals surface area contributed by atoms with Crippen LogP contribution in [-0.2, 0) is 13.5 Å². The van der Waals surface area contributed by atoms with Crippen molar-refractivity contribution in [3.63, 3.8) is 0 Å². The molecule has 5 heteroatoms. The minimum Gasteiger partial charge on any atom is -0.348 e. The molecular formula is C14H21N5. The van der Waals surface area contributed by atoms with Gasteiger partial charge in [0.25, 0.3) is 0 Å². The number of aryl methyl sites for hydroxylation is 2. The Morgan fingerprint density at radius 2 is 1.89 bits per heavy atom. The molecule has 0 amide bonds. The number of hydrogen-bond acceptors (Lipinski definition) is 4. The van der Waals surface area contributed by atoms with E-state index in [0.717, 1.165) is 19.3 Å². The van der Waals surface area contributed by atoms with Crippen molar-refractivity contribution >= 4 is 10.9 Å². The normalized spacial score (nSPS) is 16.5. The van der Waals surface area contributed by atoms with E-state index in [2.05, 4.69) is 64.7 Å². The second-order valence-electron chi connectivity index (χ2n) is 5.12. The highest BCUT2D eigenvalue weighted by molar-refractivity contribution is 5.85. The van der Waals surface area contributed by atoms with Crippen molar-refractivity contribution in [3.8, 4) is 0 Å². The number of para-hydroxylation sites is 1. The summed E-state index contributed by atoms with van der Waals surface area (Å²) in [6.45, 7) is 2.21. The number of fused-ring (bicyclic) bond motifs is 1. The van der Waals surface area contributed by atoms with Crippen LogP contribution in [0.1, 0.15) is 24.1 Å². The van der Waals surface area contributed by atoms with Gasteiger partial charge in [0.15, 0.2) is 0 Å². The van der Waals surface area contributed by atoms with Gasteiger partial charge in [-0.15, -0.1) is 0 Å². The van der Waals surface area contributed by atoms with Crippen LogP contribution in [-0.4, -0.2) is 10.7 Å². The zero-order valence-corrected chi connectivity index (χ0v) is 11.5. The fraction of sp³-hybridized carbons (Fsp3) is 0.429. The summed E-state index contributed by atoms with van der Waals surface area (Å²) in [6, 6.07) is 8.65. The average Bonchev–Trinajstić information content (AvgIpc) is 3.02. The molecule has 2 heterocycles. The first kappa shape index (κ1) is 12.6. The minimum absolute atomic E-state index is 0.301. The summed E-state index contributed by atoms with van der Waals surface area (Å²) in [7, 11) is 2.15. The smallest absolute Gasteiger partial charge is 0.0859 e. The minimum atomic E-state index is 0.301. The monoisotopic (exact) mass is 259 g/mol. The van der Waals surface area contributed by atoms with Crippen LogP contribution in [0.4, 0.5) is 0 Å². The van der Waals surface area contributed by atoms with Gasteiger partial charge in [0.2, 0.25) is 0 Å². The molecule has 1 aromatic carbocycles. The lowest BCUT2D eigenvalue weighted by Crippen LogP contribution is -2.33. The van der Waals surface area contributed by atoms with Gasteiger partial charge < -0.3 is 4.57 Å². The van der Waals surface area contributed by atoms with Gasteiger partial charge in [0.1, 0.15) is 0 Å². The largest absolute Gasteiger partial charge is 0.348 e. The predicted molar refractivity (Wildman–Crippen MR) is 76.9 cm³/mol. The van der Waals surface area contributed by atoms with E-state index in [1.54, 1.807) is 0 Å². The first-order valence-corrected chi connectivity index (χ1v) is 6.81. The van der Waals surface area contributed by atoms with Gasteiger partial charge in [-0.05, 0) is 37.8 Å². The van der Waals surface area contributed by atoms with Crippen molar-refractivity contribution in [1.82, 2.24) is 26.5 Å². The maximum absolute atomic E-state index is 3.12. The van der Waals surface area contributed by atoms with E-state index in [1.165, 1.54) is 22.2 Å². The number of benzene rings is 1. The molecule has 102 valence electrons. The third-order valence-electron chi connectivity index (χ3n) is 4.01. The highest BCUT2D eigenvalue weighted by Crippen LogP contribution is 2.26. The van der Waals surface area contributed by atoms with Gasteiger partial charge >= 0.3 is 0 Å². The van der Waals surface area contributed by atoms with Gasteiger partial charge in [-0.2, -0.15) is 11.1 Å². The Labute approximate surface area is 113 Å². The fourth-order valence-electron chi connectivity index (χ4n) is 2.82. The maximum Gasteiger partial charge on any atom is 0.0859 e. The van der Waals surface area contributed by atoms with Gasteiger partial charge in [-0.1, -0.05) is 18.2 Å². The van der Waals surface area contributed by atoms with Crippen LogP contribution < -0.4 is 21.9 Å². The van der Waals surface area contributed by atoms with Crippen molar-refractivity contribution in [3.05, 3.63) is 35.5 Å². The molecule has 0 bridgehead atoms. The maximum atomic E-state index is 3.12. The van der Waals surface area contributed by atoms with Crippen LogP contribution in [0.3, 0.4) is 0 Å². The Hall–Kier alpha value is -1.40. The van der Waals surface area contributed by atoms with Crippen LogP contribution in [0.15, 0.2) is 24.3 Å². The van der Waals surface area contributed by atoms with E-state index >= 15 is 0 Å². The summed E-state index contributed by atoms with van der Waals surface area (Å²) in [5, 5.41) is 1.39. The van der Waals surface area contributed by atoms with Gasteiger partial charge in [-0.3, -0.25) is 0 Å². The highest BCUT2D eigenvalue weighted by Gasteiger charge is 2.14. The van der Waals surface area contributed by atoms with Crippen molar-refractivity contribution in [2.24, 2.45) is 7.05 Å². The molecule has 1 fully saturated rings. The molecule has 1 saturated heterocycles. The van der Waals surface area contributed by atoms with Crippen molar-refractivity contribution in [1.29, 1.82) is 0 Å². The van der Waals surface area contributed by atoms with Gasteiger partial charge in [0, 0.05) is 23.6 Å². The molecule has 1 aliphatic rings. The second kappa shape index (κ2) is 5.30. The van der Waals surface area contributed by atoms with Crippen LogP contribution in [0, 0.1) is 6.92 Å². The lowest BCUT2D eigenvalue weighted by Gasteiger charge is -2.08. The topological polar surface area (TPSA) is 53.0 Å². The molecule has 0 radical (unpaired) electrons. The molecule has 3 rings (SSSR count). The SMILES string of the molecule is Cc1c(CCCC2NNNN2)c2ccccc2n1C. The Morgan fingerprint density at radius 3 is 2.68 bits per heavy atom. The second-order valence-corrected chi connectivity index (χ2v) is 5.12. The molecular weight excluding hydrogens is 238 g/mol. The van der Waals surface area contributed by atoms with Crippen LogP contribution in [0.2, 0.25) is 0 Å². The standard InChI is InChI=1S/C14H21N5/c1-10-11(7-5-9-14-15-17-18-16-14)12-6-3-4-8-13(12)19(10)2/h3-4,6,8,14-18H,5,7,9H2,1-2H3. The third kappa shape index (κ3) is 2.37. The summed E-state index contributed by atoms with van der Waals surface area (Å²) < 4.78 is 2.29. The zero-order valence-electron chi connectivity index (χ0n) is 11.5. The lowest BCUT2D eigenvalue weighted by atomic mass is 10.0. The fourth-order valence-corrected chi connectivity index (χ4v) is 2.82. The van der Waals surface area contributed by atoms with Crippen molar-refractivity contribution < 1.29 is 0 Å². The number of rotatable bonds is 4. The Bertz CT molecular complexity index is 568. The molecule has 0 unspecified atom stereocenters. The van der Waals surface area contributed by atoms with Crippen LogP contribution >= 0.6 is 0 Å². The summed E-state index contributed by atoms with van der Waals surface area (Å²) in [5.41, 5.74) is 16.1. The predicted octanol–water partition coefficient (Wildman–Crippen LogP) is 1.25. The number of hydrogen-bond donors (Lipinski definition) is 4. The van der Waals surface area contributed by atoms with Gasteiger partial charge in [0.05, 0.1) is 6.17 Å². The Balaban J connectivity index is 1.74. The summed E-state index contributed by atoms with van der Waals surface area (Å²) in [5.74, 6) is 0. The summed E-state index contributed by atoms with van der Waals surface area (Å²) >= 11 is 0. The molecule has 4 N–H and O–H groups in total. The number of hydrazine groups is 3. The van der Waals surface area contributed by atoms with E-state index in [1.807, 2.05) is 0 Å². The first-order chi connectivity index (χ1) is 9.27. The molecule has 0 atom stereocenters. The number of nitrogens with zero attached hydrogens (tertiary/aromatic N) is 1. The summed E-state index contributed by atoms with van der Waals surface area (Å²) in [4.78, 5) is 0. The highest BCUT2D eigenvalue weighted by atomic mass is 15.8. The molecule has 0 spiro atoms. The van der Waals surface area contributed by atoms with E-state index in [0.29, 0.717) is 6.17 Å². The molecule has 1 aromatic heterocycles. The van der Waals surface area contributed by atoms with Crippen LogP contribution in [0.25, 0.3) is 10.9 Å². The Morgan fingerprint density at radius 1 is 1.16 bits per heavy atom. The Kier molecular flexibility index (Phi) is 3.52.